The fraction of sp³-hybridized carbons (Fsp3) is 0.136. The summed E-state index contributed by atoms with van der Waals surface area (Å²) >= 11 is 0. The van der Waals surface area contributed by atoms with E-state index < -0.39 is 0 Å². The average Bonchev–Trinajstić information content (AvgIpc) is 2.71. The number of anilines is 1. The second-order valence-electron chi connectivity index (χ2n) is 6.43. The summed E-state index contributed by atoms with van der Waals surface area (Å²) in [4.78, 5) is 4.52. The number of aryl methyl sites for hydroxylation is 1. The highest BCUT2D eigenvalue weighted by Crippen LogP contribution is 2.34. The number of hydrogen-bond acceptors (Lipinski definition) is 4. The zero-order valence-corrected chi connectivity index (χ0v) is 14.7. The van der Waals surface area contributed by atoms with Crippen LogP contribution < -0.4 is 5.73 Å². The molecule has 1 aromatic heterocycles. The van der Waals surface area contributed by atoms with Gasteiger partial charge in [0.1, 0.15) is 11.4 Å². The molecule has 128 valence electrons. The Bertz CT molecular complexity index is 1040. The van der Waals surface area contributed by atoms with E-state index in [-0.39, 0.29) is 0 Å². The van der Waals surface area contributed by atoms with Crippen molar-refractivity contribution in [3.8, 4) is 0 Å². The van der Waals surface area contributed by atoms with Crippen molar-refractivity contribution in [1.82, 2.24) is 4.98 Å². The van der Waals surface area contributed by atoms with Crippen molar-refractivity contribution >= 4 is 33.4 Å². The van der Waals surface area contributed by atoms with E-state index in [2.05, 4.69) is 46.4 Å². The third-order valence-corrected chi connectivity index (χ3v) is 4.64. The maximum atomic E-state index is 6.29. The minimum atomic E-state index is 0.652. The van der Waals surface area contributed by atoms with Crippen LogP contribution in [0.15, 0.2) is 77.1 Å². The molecular weight excluding hydrogens is 320 g/mol. The summed E-state index contributed by atoms with van der Waals surface area (Å²) in [7, 11) is 0. The third-order valence-electron chi connectivity index (χ3n) is 4.64. The predicted molar refractivity (Wildman–Crippen MR) is 108 cm³/mol. The molecule has 1 aliphatic carbocycles. The molecule has 4 rings (SSSR count). The molecular formula is C22H20N4. The molecule has 4 heteroatoms. The van der Waals surface area contributed by atoms with Crippen LogP contribution in [0.3, 0.4) is 0 Å². The van der Waals surface area contributed by atoms with E-state index >= 15 is 0 Å². The highest BCUT2D eigenvalue weighted by atomic mass is 15.1. The number of azo groups is 1. The number of allylic oxidation sites excluding steroid dienone is 4. The standard InChI is InChI=1S/C22H20N4/c1-15-13-21(22(23)19-10-6-5-9-18(15)19)26-25-17-11-12-20(24-14-17)16-7-3-2-4-8-16/h2-3,5-7,9-14H,4,8,23H2,1H3. The van der Waals surface area contributed by atoms with Crippen LogP contribution in [0, 0.1) is 6.92 Å². The monoisotopic (exact) mass is 340 g/mol. The quantitative estimate of drug-likeness (QED) is 0.451. The van der Waals surface area contributed by atoms with E-state index in [0.29, 0.717) is 17.1 Å². The Kier molecular flexibility index (Phi) is 4.32. The van der Waals surface area contributed by atoms with Crippen LogP contribution in [-0.2, 0) is 0 Å². The van der Waals surface area contributed by atoms with Gasteiger partial charge in [-0.05, 0) is 54.5 Å². The molecule has 26 heavy (non-hydrogen) atoms. The van der Waals surface area contributed by atoms with E-state index in [1.165, 1.54) is 5.57 Å². The van der Waals surface area contributed by atoms with Gasteiger partial charge in [0, 0.05) is 5.39 Å². The topological polar surface area (TPSA) is 63.6 Å². The maximum absolute atomic E-state index is 6.29. The fourth-order valence-corrected chi connectivity index (χ4v) is 3.21. The number of rotatable bonds is 3. The van der Waals surface area contributed by atoms with E-state index in [1.807, 2.05) is 36.4 Å². The number of fused-ring (bicyclic) bond motifs is 1. The zero-order chi connectivity index (χ0) is 17.9. The lowest BCUT2D eigenvalue weighted by molar-refractivity contribution is 1.04. The molecule has 0 aliphatic heterocycles. The first-order chi connectivity index (χ1) is 12.7. The van der Waals surface area contributed by atoms with Gasteiger partial charge in [0.25, 0.3) is 0 Å². The smallest absolute Gasteiger partial charge is 0.109 e. The van der Waals surface area contributed by atoms with Crippen LogP contribution in [0.1, 0.15) is 24.1 Å². The van der Waals surface area contributed by atoms with E-state index in [1.54, 1.807) is 6.20 Å². The van der Waals surface area contributed by atoms with Crippen LogP contribution in [0.25, 0.3) is 16.3 Å². The van der Waals surface area contributed by atoms with E-state index in [9.17, 15) is 0 Å². The SMILES string of the molecule is Cc1cc(N=Nc2ccc(C3=CC=CCC3)nc2)c(N)c2ccccc12. The van der Waals surface area contributed by atoms with Crippen molar-refractivity contribution in [2.24, 2.45) is 10.2 Å². The molecule has 0 fully saturated rings. The van der Waals surface area contributed by atoms with Crippen molar-refractivity contribution < 1.29 is 0 Å². The van der Waals surface area contributed by atoms with Crippen molar-refractivity contribution in [3.05, 3.63) is 78.1 Å². The van der Waals surface area contributed by atoms with Crippen LogP contribution in [0.2, 0.25) is 0 Å². The predicted octanol–water partition coefficient (Wildman–Crippen LogP) is 6.27. The molecule has 1 aliphatic rings. The summed E-state index contributed by atoms with van der Waals surface area (Å²) in [6.45, 7) is 2.06. The minimum absolute atomic E-state index is 0.652. The van der Waals surface area contributed by atoms with Crippen molar-refractivity contribution in [1.29, 1.82) is 0 Å². The fourth-order valence-electron chi connectivity index (χ4n) is 3.21. The van der Waals surface area contributed by atoms with Gasteiger partial charge in [-0.3, -0.25) is 4.98 Å². The number of nitrogens with zero attached hydrogens (tertiary/aromatic N) is 3. The second-order valence-corrected chi connectivity index (χ2v) is 6.43. The van der Waals surface area contributed by atoms with Gasteiger partial charge in [-0.25, -0.2) is 0 Å². The van der Waals surface area contributed by atoms with Gasteiger partial charge in [0.05, 0.1) is 17.6 Å². The largest absolute Gasteiger partial charge is 0.396 e. The third kappa shape index (κ3) is 3.14. The van der Waals surface area contributed by atoms with Gasteiger partial charge < -0.3 is 5.73 Å². The van der Waals surface area contributed by atoms with Crippen LogP contribution in [-0.4, -0.2) is 4.98 Å². The highest BCUT2D eigenvalue weighted by molar-refractivity contribution is 6.00. The molecule has 0 bridgehead atoms. The molecule has 0 amide bonds. The Morgan fingerprint density at radius 3 is 2.62 bits per heavy atom. The summed E-state index contributed by atoms with van der Waals surface area (Å²) in [5.41, 5.74) is 11.7. The Morgan fingerprint density at radius 2 is 1.88 bits per heavy atom. The first-order valence-corrected chi connectivity index (χ1v) is 8.74. The minimum Gasteiger partial charge on any atom is -0.396 e. The summed E-state index contributed by atoms with van der Waals surface area (Å²) in [6, 6.07) is 14.0. The molecule has 0 saturated heterocycles. The lowest BCUT2D eigenvalue weighted by Gasteiger charge is -2.08. The van der Waals surface area contributed by atoms with Gasteiger partial charge in [0.15, 0.2) is 0 Å². The van der Waals surface area contributed by atoms with E-state index in [4.69, 9.17) is 5.73 Å². The highest BCUT2D eigenvalue weighted by Gasteiger charge is 2.07. The van der Waals surface area contributed by atoms with Crippen LogP contribution >= 0.6 is 0 Å². The number of pyridine rings is 1. The Morgan fingerprint density at radius 1 is 1.04 bits per heavy atom. The molecule has 0 spiro atoms. The summed E-state index contributed by atoms with van der Waals surface area (Å²) in [5, 5.41) is 10.8. The molecule has 4 nitrogen and oxygen atoms in total. The zero-order valence-electron chi connectivity index (χ0n) is 14.7. The van der Waals surface area contributed by atoms with Crippen molar-refractivity contribution in [2.75, 3.05) is 5.73 Å². The van der Waals surface area contributed by atoms with E-state index in [0.717, 1.165) is 34.9 Å². The lowest BCUT2D eigenvalue weighted by atomic mass is 10.0. The van der Waals surface area contributed by atoms with Gasteiger partial charge in [-0.2, -0.15) is 0 Å². The summed E-state index contributed by atoms with van der Waals surface area (Å²) < 4.78 is 0. The van der Waals surface area contributed by atoms with Crippen molar-refractivity contribution in [3.63, 3.8) is 0 Å². The van der Waals surface area contributed by atoms with Gasteiger partial charge in [0.2, 0.25) is 0 Å². The molecule has 1 heterocycles. The van der Waals surface area contributed by atoms with Crippen molar-refractivity contribution in [2.45, 2.75) is 19.8 Å². The molecule has 0 unspecified atom stereocenters. The molecule has 2 N–H and O–H groups in total. The van der Waals surface area contributed by atoms with Gasteiger partial charge >= 0.3 is 0 Å². The number of nitrogen functional groups attached to an aromatic ring is 1. The number of nitrogens with two attached hydrogens (primary N) is 1. The number of hydrogen-bond donors (Lipinski definition) is 1. The lowest BCUT2D eigenvalue weighted by Crippen LogP contribution is -1.91. The Balaban J connectivity index is 1.62. The average molecular weight is 340 g/mol. The first kappa shape index (κ1) is 16.2. The molecule has 2 aromatic carbocycles. The molecule has 0 atom stereocenters. The maximum Gasteiger partial charge on any atom is 0.109 e. The summed E-state index contributed by atoms with van der Waals surface area (Å²) in [5.74, 6) is 0. The van der Waals surface area contributed by atoms with Crippen LogP contribution in [0.4, 0.5) is 17.1 Å². The number of aromatic nitrogens is 1. The molecule has 0 saturated carbocycles. The number of benzene rings is 2. The van der Waals surface area contributed by atoms with Gasteiger partial charge in [-0.1, -0.05) is 42.5 Å². The molecule has 3 aromatic rings. The first-order valence-electron chi connectivity index (χ1n) is 8.74. The normalized spacial score (nSPS) is 14.1. The second kappa shape index (κ2) is 6.92. The van der Waals surface area contributed by atoms with Crippen LogP contribution in [0.5, 0.6) is 0 Å². The van der Waals surface area contributed by atoms with Gasteiger partial charge in [-0.15, -0.1) is 10.2 Å². The Hall–Kier alpha value is -3.27. The Labute approximate surface area is 152 Å². The summed E-state index contributed by atoms with van der Waals surface area (Å²) in [6.07, 6.45) is 10.2. The molecule has 0 radical (unpaired) electrons.